The van der Waals surface area contributed by atoms with Crippen molar-refractivity contribution in [2.75, 3.05) is 32.8 Å². The first-order chi connectivity index (χ1) is 16.4. The number of piperidine rings is 1. The Morgan fingerprint density at radius 1 is 1.12 bits per heavy atom. The van der Waals surface area contributed by atoms with Crippen LogP contribution in [0.4, 0.5) is 0 Å². The van der Waals surface area contributed by atoms with Gasteiger partial charge in [0.05, 0.1) is 17.7 Å². The van der Waals surface area contributed by atoms with Crippen LogP contribution in [-0.2, 0) is 4.74 Å². The maximum Gasteiger partial charge on any atom is 0.340 e. The fourth-order valence-corrected chi connectivity index (χ4v) is 4.76. The minimum Gasteiger partial charge on any atom is -0.491 e. The summed E-state index contributed by atoms with van der Waals surface area (Å²) < 4.78 is 13.4. The van der Waals surface area contributed by atoms with E-state index in [1.165, 1.54) is 18.4 Å². The van der Waals surface area contributed by atoms with E-state index in [1.54, 1.807) is 0 Å². The van der Waals surface area contributed by atoms with Gasteiger partial charge in [0.25, 0.3) is 0 Å². The number of carbonyl (C=O) groups is 1. The molecule has 6 heteroatoms. The van der Waals surface area contributed by atoms with Crippen LogP contribution in [-0.4, -0.2) is 59.5 Å². The van der Waals surface area contributed by atoms with Crippen LogP contribution in [0.15, 0.2) is 42.5 Å². The number of aromatic nitrogens is 1. The summed E-state index contributed by atoms with van der Waals surface area (Å²) in [5.74, 6) is 1.05. The van der Waals surface area contributed by atoms with Gasteiger partial charge in [-0.05, 0) is 83.0 Å². The maximum absolute atomic E-state index is 12.9. The highest BCUT2D eigenvalue weighted by atomic mass is 16.5. The number of carbonyl (C=O) groups excluding carboxylic acids is 1. The summed E-state index contributed by atoms with van der Waals surface area (Å²) in [4.78, 5) is 15.2. The molecule has 0 amide bonds. The average Bonchev–Trinajstić information content (AvgIpc) is 3.11. The lowest BCUT2D eigenvalue weighted by Gasteiger charge is -2.31. The summed E-state index contributed by atoms with van der Waals surface area (Å²) in [6.07, 6.45) is 1.80. The van der Waals surface area contributed by atoms with Gasteiger partial charge in [-0.15, -0.1) is 0 Å². The largest absolute Gasteiger partial charge is 0.491 e. The molecule has 1 aliphatic heterocycles. The van der Waals surface area contributed by atoms with Gasteiger partial charge in [0.2, 0.25) is 0 Å². The SMILES string of the molecule is CCOC(=O)c1c(C)n(-c2ccc(C)cc2)c2ccc(OC[C@H](O)CN3CCC(C)CC3)cc12. The van der Waals surface area contributed by atoms with Gasteiger partial charge < -0.3 is 24.0 Å². The van der Waals surface area contributed by atoms with Crippen molar-refractivity contribution in [2.24, 2.45) is 5.92 Å². The Balaban J connectivity index is 1.58. The van der Waals surface area contributed by atoms with Crippen molar-refractivity contribution in [3.63, 3.8) is 0 Å². The number of β-amino-alcohol motifs (C(OH)–C–C–N with tert-alkyl or cyclic N) is 1. The maximum atomic E-state index is 12.9. The van der Waals surface area contributed by atoms with E-state index in [9.17, 15) is 9.90 Å². The van der Waals surface area contributed by atoms with Gasteiger partial charge in [-0.25, -0.2) is 4.79 Å². The van der Waals surface area contributed by atoms with Crippen molar-refractivity contribution in [3.05, 3.63) is 59.3 Å². The van der Waals surface area contributed by atoms with Gasteiger partial charge in [-0.3, -0.25) is 0 Å². The molecule has 1 aliphatic rings. The zero-order valence-electron chi connectivity index (χ0n) is 20.7. The van der Waals surface area contributed by atoms with E-state index in [4.69, 9.17) is 9.47 Å². The number of aliphatic hydroxyl groups excluding tert-OH is 1. The summed E-state index contributed by atoms with van der Waals surface area (Å²) in [6, 6.07) is 14.0. The molecule has 6 nitrogen and oxygen atoms in total. The first-order valence-corrected chi connectivity index (χ1v) is 12.3. The molecule has 1 saturated heterocycles. The third-order valence-electron chi connectivity index (χ3n) is 6.73. The third-order valence-corrected chi connectivity index (χ3v) is 6.73. The lowest BCUT2D eigenvalue weighted by molar-refractivity contribution is 0.0527. The molecule has 0 spiro atoms. The van der Waals surface area contributed by atoms with E-state index in [0.29, 0.717) is 24.5 Å². The number of rotatable bonds is 8. The normalized spacial score (nSPS) is 16.0. The average molecular weight is 465 g/mol. The number of aliphatic hydroxyl groups is 1. The summed E-state index contributed by atoms with van der Waals surface area (Å²) in [7, 11) is 0. The number of hydrogen-bond acceptors (Lipinski definition) is 5. The van der Waals surface area contributed by atoms with E-state index >= 15 is 0 Å². The van der Waals surface area contributed by atoms with Gasteiger partial charge in [0, 0.05) is 23.3 Å². The predicted molar refractivity (Wildman–Crippen MR) is 135 cm³/mol. The lowest BCUT2D eigenvalue weighted by atomic mass is 9.99. The monoisotopic (exact) mass is 464 g/mol. The van der Waals surface area contributed by atoms with Gasteiger partial charge in [-0.1, -0.05) is 24.6 Å². The number of benzene rings is 2. The fourth-order valence-electron chi connectivity index (χ4n) is 4.76. The topological polar surface area (TPSA) is 63.9 Å². The van der Waals surface area contributed by atoms with Crippen molar-refractivity contribution in [1.29, 1.82) is 0 Å². The number of aryl methyl sites for hydroxylation is 1. The van der Waals surface area contributed by atoms with Crippen LogP contribution in [0.5, 0.6) is 5.75 Å². The zero-order valence-corrected chi connectivity index (χ0v) is 20.7. The van der Waals surface area contributed by atoms with Crippen LogP contribution >= 0.6 is 0 Å². The van der Waals surface area contributed by atoms with E-state index in [-0.39, 0.29) is 12.6 Å². The fraction of sp³-hybridized carbons (Fsp3) is 0.464. The molecule has 1 atom stereocenters. The molecule has 0 radical (unpaired) electrons. The quantitative estimate of drug-likeness (QED) is 0.481. The Bertz CT molecular complexity index is 1130. The lowest BCUT2D eigenvalue weighted by Crippen LogP contribution is -2.40. The molecule has 4 rings (SSSR count). The van der Waals surface area contributed by atoms with Gasteiger partial charge >= 0.3 is 5.97 Å². The number of ether oxygens (including phenoxy) is 2. The first-order valence-electron chi connectivity index (χ1n) is 12.3. The minimum atomic E-state index is -0.562. The van der Waals surface area contributed by atoms with E-state index in [2.05, 4.69) is 47.6 Å². The Kier molecular flexibility index (Phi) is 7.59. The minimum absolute atomic E-state index is 0.212. The van der Waals surface area contributed by atoms with Gasteiger partial charge in [0.1, 0.15) is 18.5 Å². The summed E-state index contributed by atoms with van der Waals surface area (Å²) >= 11 is 0. The van der Waals surface area contributed by atoms with Crippen LogP contribution in [0.2, 0.25) is 0 Å². The Morgan fingerprint density at radius 2 is 1.82 bits per heavy atom. The third kappa shape index (κ3) is 5.29. The van der Waals surface area contributed by atoms with Crippen molar-refractivity contribution in [2.45, 2.75) is 46.6 Å². The van der Waals surface area contributed by atoms with Crippen molar-refractivity contribution >= 4 is 16.9 Å². The molecule has 182 valence electrons. The molecule has 2 heterocycles. The summed E-state index contributed by atoms with van der Waals surface area (Å²) in [6.45, 7) is 11.3. The molecule has 34 heavy (non-hydrogen) atoms. The number of likely N-dealkylation sites (tertiary alicyclic amines) is 1. The number of esters is 1. The number of hydrogen-bond donors (Lipinski definition) is 1. The zero-order chi connectivity index (χ0) is 24.2. The highest BCUT2D eigenvalue weighted by Crippen LogP contribution is 2.33. The molecule has 1 aromatic heterocycles. The molecular formula is C28H36N2O4. The molecule has 0 saturated carbocycles. The molecular weight excluding hydrogens is 428 g/mol. The standard InChI is InChI=1S/C28H36N2O4/c1-5-33-28(32)27-21(4)30(22-8-6-19(2)7-9-22)26-11-10-24(16-25(26)27)34-18-23(31)17-29-14-12-20(3)13-15-29/h6-11,16,20,23,31H,5,12-15,17-18H2,1-4H3/t23-/m1/s1. The van der Waals surface area contributed by atoms with Crippen LogP contribution in [0, 0.1) is 19.8 Å². The molecule has 0 aliphatic carbocycles. The Morgan fingerprint density at radius 3 is 2.50 bits per heavy atom. The van der Waals surface area contributed by atoms with Gasteiger partial charge in [-0.2, -0.15) is 0 Å². The number of fused-ring (bicyclic) bond motifs is 1. The van der Waals surface area contributed by atoms with E-state index in [0.717, 1.165) is 41.3 Å². The van der Waals surface area contributed by atoms with Crippen LogP contribution < -0.4 is 4.74 Å². The summed E-state index contributed by atoms with van der Waals surface area (Å²) in [5.41, 5.74) is 4.46. The van der Waals surface area contributed by atoms with Crippen LogP contribution in [0.3, 0.4) is 0 Å². The Labute approximate surface area is 202 Å². The van der Waals surface area contributed by atoms with Gasteiger partial charge in [0.15, 0.2) is 0 Å². The molecule has 3 aromatic rings. The molecule has 1 fully saturated rings. The molecule has 1 N–H and O–H groups in total. The van der Waals surface area contributed by atoms with E-state index < -0.39 is 6.10 Å². The smallest absolute Gasteiger partial charge is 0.340 e. The highest BCUT2D eigenvalue weighted by Gasteiger charge is 2.23. The van der Waals surface area contributed by atoms with Crippen molar-refractivity contribution < 1.29 is 19.4 Å². The number of nitrogens with zero attached hydrogens (tertiary/aromatic N) is 2. The molecule has 2 aromatic carbocycles. The van der Waals surface area contributed by atoms with Crippen molar-refractivity contribution in [3.8, 4) is 11.4 Å². The van der Waals surface area contributed by atoms with Crippen molar-refractivity contribution in [1.82, 2.24) is 9.47 Å². The first kappa shape index (κ1) is 24.3. The second-order valence-electron chi connectivity index (χ2n) is 9.48. The molecule has 0 bridgehead atoms. The predicted octanol–water partition coefficient (Wildman–Crippen LogP) is 4.90. The summed E-state index contributed by atoms with van der Waals surface area (Å²) in [5, 5.41) is 11.3. The van der Waals surface area contributed by atoms with Crippen LogP contribution in [0.1, 0.15) is 48.3 Å². The second-order valence-corrected chi connectivity index (χ2v) is 9.48. The van der Waals surface area contributed by atoms with E-state index in [1.807, 2.05) is 32.0 Å². The van der Waals surface area contributed by atoms with Crippen LogP contribution in [0.25, 0.3) is 16.6 Å². The second kappa shape index (κ2) is 10.6. The molecule has 0 unspecified atom stereocenters. The Hall–Kier alpha value is -2.83. The highest BCUT2D eigenvalue weighted by molar-refractivity contribution is 6.07.